The Morgan fingerprint density at radius 3 is 2.41 bits per heavy atom. The second kappa shape index (κ2) is 13.3. The molecule has 1 aliphatic rings. The first-order chi connectivity index (χ1) is 19.5. The topological polar surface area (TPSA) is 99.2 Å². The summed E-state index contributed by atoms with van der Waals surface area (Å²) in [4.78, 5) is 27.3. The number of thioether (sulfide) groups is 1. The molecule has 0 atom stereocenters. The second-order valence-corrected chi connectivity index (χ2v) is 13.2. The van der Waals surface area contributed by atoms with E-state index < -0.39 is 16.0 Å². The Morgan fingerprint density at radius 1 is 1.00 bits per heavy atom. The van der Waals surface area contributed by atoms with E-state index in [0.29, 0.717) is 9.13 Å². The number of benzene rings is 3. The number of hydrogen-bond acceptors (Lipinski definition) is 8. The third-order valence-electron chi connectivity index (χ3n) is 6.09. The second-order valence-electron chi connectivity index (χ2n) is 9.49. The maximum atomic E-state index is 13.1. The van der Waals surface area contributed by atoms with Crippen LogP contribution in [0.25, 0.3) is 6.08 Å². The van der Waals surface area contributed by atoms with E-state index in [2.05, 4.69) is 13.8 Å². The molecule has 41 heavy (non-hydrogen) atoms. The quantitative estimate of drug-likeness (QED) is 0.119. The summed E-state index contributed by atoms with van der Waals surface area (Å²) in [5.41, 5.74) is 2.69. The van der Waals surface area contributed by atoms with Gasteiger partial charge in [0.25, 0.3) is 11.1 Å². The zero-order valence-electron chi connectivity index (χ0n) is 23.0. The smallest absolute Gasteiger partial charge is 0.339 e. The zero-order valence-corrected chi connectivity index (χ0v) is 26.8. The highest BCUT2D eigenvalue weighted by molar-refractivity contribution is 14.1. The molecule has 3 aromatic carbocycles. The summed E-state index contributed by atoms with van der Waals surface area (Å²) in [6.07, 6.45) is 1.59. The Bertz CT molecular complexity index is 1590. The molecule has 216 valence electrons. The molecule has 4 rings (SSSR count). The van der Waals surface area contributed by atoms with Crippen molar-refractivity contribution < 1.29 is 31.7 Å². The molecule has 1 heterocycles. The van der Waals surface area contributed by atoms with Gasteiger partial charge in [-0.1, -0.05) is 44.2 Å². The molecule has 0 unspecified atom stereocenters. The van der Waals surface area contributed by atoms with Gasteiger partial charge in [0, 0.05) is 0 Å². The van der Waals surface area contributed by atoms with E-state index >= 15 is 0 Å². The first kappa shape index (κ1) is 30.9. The summed E-state index contributed by atoms with van der Waals surface area (Å²) in [7, 11) is -4.10. The molecular formula is C30H30INO7S2. The summed E-state index contributed by atoms with van der Waals surface area (Å²) in [6, 6.07) is 17.1. The fourth-order valence-electron chi connectivity index (χ4n) is 4.09. The normalized spacial score (nSPS) is 14.7. The average molecular weight is 708 g/mol. The highest BCUT2D eigenvalue weighted by Gasteiger charge is 2.35. The molecular weight excluding hydrogens is 677 g/mol. The minimum Gasteiger partial charge on any atom is -0.491 e. The monoisotopic (exact) mass is 707 g/mol. The van der Waals surface area contributed by atoms with E-state index in [-0.39, 0.29) is 52.2 Å². The highest BCUT2D eigenvalue weighted by atomic mass is 127. The third kappa shape index (κ3) is 7.44. The average Bonchev–Trinajstić information content (AvgIpc) is 3.18. The lowest BCUT2D eigenvalue weighted by Gasteiger charge is -2.17. The molecule has 0 bridgehead atoms. The lowest BCUT2D eigenvalue weighted by Crippen LogP contribution is -2.32. The molecule has 1 aliphatic heterocycles. The van der Waals surface area contributed by atoms with Gasteiger partial charge in [0.05, 0.1) is 21.6 Å². The third-order valence-corrected chi connectivity index (χ3v) is 9.04. The molecule has 3 aromatic rings. The van der Waals surface area contributed by atoms with Gasteiger partial charge in [-0.15, -0.1) is 0 Å². The van der Waals surface area contributed by atoms with Gasteiger partial charge in [0.15, 0.2) is 11.5 Å². The van der Waals surface area contributed by atoms with E-state index in [1.807, 2.05) is 47.7 Å². The van der Waals surface area contributed by atoms with E-state index in [1.54, 1.807) is 43.3 Å². The largest absolute Gasteiger partial charge is 0.491 e. The van der Waals surface area contributed by atoms with Crippen LogP contribution in [0.2, 0.25) is 0 Å². The lowest BCUT2D eigenvalue weighted by molar-refractivity contribution is -0.123. The van der Waals surface area contributed by atoms with Crippen molar-refractivity contribution in [2.45, 2.75) is 38.5 Å². The molecule has 1 saturated heterocycles. The van der Waals surface area contributed by atoms with Gasteiger partial charge in [-0.25, -0.2) is 0 Å². The van der Waals surface area contributed by atoms with E-state index in [4.69, 9.17) is 13.7 Å². The fourth-order valence-corrected chi connectivity index (χ4v) is 6.82. The zero-order chi connectivity index (χ0) is 29.7. The number of amides is 2. The van der Waals surface area contributed by atoms with Gasteiger partial charge in [0.1, 0.15) is 17.3 Å². The Labute approximate surface area is 258 Å². The van der Waals surface area contributed by atoms with Crippen LogP contribution in [0.1, 0.15) is 43.4 Å². The number of imide groups is 1. The van der Waals surface area contributed by atoms with Crippen LogP contribution in [-0.2, 0) is 14.9 Å². The Morgan fingerprint density at radius 2 is 1.73 bits per heavy atom. The maximum Gasteiger partial charge on any atom is 0.339 e. The summed E-state index contributed by atoms with van der Waals surface area (Å²) in [5.74, 6) is 0.854. The maximum absolute atomic E-state index is 13.1. The fraction of sp³-hybridized carbons (Fsp3) is 0.267. The van der Waals surface area contributed by atoms with Crippen molar-refractivity contribution in [3.05, 3.63) is 85.8 Å². The summed E-state index contributed by atoms with van der Waals surface area (Å²) in [5, 5.41) is -0.383. The number of ether oxygens (including phenoxy) is 2. The predicted molar refractivity (Wildman–Crippen MR) is 168 cm³/mol. The first-order valence-corrected chi connectivity index (χ1v) is 16.2. The molecule has 2 amide bonds. The minimum absolute atomic E-state index is 0.0165. The van der Waals surface area contributed by atoms with Crippen LogP contribution in [0.5, 0.6) is 17.2 Å². The Kier molecular flexibility index (Phi) is 10.0. The van der Waals surface area contributed by atoms with Crippen LogP contribution >= 0.6 is 34.4 Å². The van der Waals surface area contributed by atoms with E-state index in [1.165, 1.54) is 17.0 Å². The summed E-state index contributed by atoms with van der Waals surface area (Å²) < 4.78 is 43.3. The van der Waals surface area contributed by atoms with Crippen molar-refractivity contribution in [2.24, 2.45) is 0 Å². The van der Waals surface area contributed by atoms with Crippen molar-refractivity contribution in [2.75, 3.05) is 19.8 Å². The minimum atomic E-state index is -4.10. The highest BCUT2D eigenvalue weighted by Crippen LogP contribution is 2.39. The van der Waals surface area contributed by atoms with Gasteiger partial charge in [-0.05, 0) is 107 Å². The molecule has 0 spiro atoms. The van der Waals surface area contributed by atoms with Crippen molar-refractivity contribution in [3.8, 4) is 17.2 Å². The van der Waals surface area contributed by atoms with Crippen LogP contribution in [0.3, 0.4) is 0 Å². The summed E-state index contributed by atoms with van der Waals surface area (Å²) in [6.45, 7) is 8.45. The van der Waals surface area contributed by atoms with Crippen LogP contribution in [-0.4, -0.2) is 44.2 Å². The lowest BCUT2D eigenvalue weighted by atomic mass is 10.0. The van der Waals surface area contributed by atoms with Gasteiger partial charge in [0.2, 0.25) is 0 Å². The molecule has 0 aliphatic carbocycles. The van der Waals surface area contributed by atoms with E-state index in [0.717, 1.165) is 28.6 Å². The summed E-state index contributed by atoms with van der Waals surface area (Å²) >= 11 is 2.80. The number of halogens is 1. The molecule has 1 fully saturated rings. The van der Waals surface area contributed by atoms with Crippen molar-refractivity contribution in [1.82, 2.24) is 4.90 Å². The Balaban J connectivity index is 1.51. The van der Waals surface area contributed by atoms with Crippen molar-refractivity contribution in [3.63, 3.8) is 0 Å². The number of aryl methyl sites for hydroxylation is 1. The number of rotatable bonds is 11. The SMILES string of the molecule is CCOc1cc(/C=C2\SC(=O)N(CCOc3cc(C)ccc3C(C)C)C2=O)cc(I)c1OS(=O)(=O)c1ccccc1. The molecule has 8 nitrogen and oxygen atoms in total. The Hall–Kier alpha value is -3.03. The standard InChI is InChI=1S/C30H30INO7S2/c1-5-37-26-17-21(16-24(31)28(26)39-41(35,36)22-9-7-6-8-10-22)18-27-29(33)32(30(34)40-27)13-14-38-25-15-20(4)11-12-23(25)19(2)3/h6-12,15-19H,5,13-14H2,1-4H3/b27-18-. The molecule has 0 saturated carbocycles. The number of nitrogens with zero attached hydrogens (tertiary/aromatic N) is 1. The van der Waals surface area contributed by atoms with Gasteiger partial charge >= 0.3 is 10.1 Å². The molecule has 0 N–H and O–H groups in total. The first-order valence-electron chi connectivity index (χ1n) is 12.9. The van der Waals surface area contributed by atoms with Crippen LogP contribution in [0.4, 0.5) is 4.79 Å². The van der Waals surface area contributed by atoms with Crippen LogP contribution in [0, 0.1) is 10.5 Å². The number of carbonyl (C=O) groups is 2. The van der Waals surface area contributed by atoms with Crippen LogP contribution < -0.4 is 13.7 Å². The van der Waals surface area contributed by atoms with Crippen LogP contribution in [0.15, 0.2) is 70.5 Å². The van der Waals surface area contributed by atoms with Gasteiger partial charge < -0.3 is 13.7 Å². The predicted octanol–water partition coefficient (Wildman–Crippen LogP) is 7.00. The van der Waals surface area contributed by atoms with Gasteiger partial charge in [-0.3, -0.25) is 14.5 Å². The molecule has 0 aromatic heterocycles. The van der Waals surface area contributed by atoms with E-state index in [9.17, 15) is 18.0 Å². The van der Waals surface area contributed by atoms with Crippen molar-refractivity contribution in [1.29, 1.82) is 0 Å². The molecule has 11 heteroatoms. The number of hydrogen-bond donors (Lipinski definition) is 0. The number of carbonyl (C=O) groups excluding carboxylic acids is 2. The van der Waals surface area contributed by atoms with Gasteiger partial charge in [-0.2, -0.15) is 8.42 Å². The molecule has 0 radical (unpaired) electrons. The van der Waals surface area contributed by atoms with Crippen molar-refractivity contribution >= 4 is 61.7 Å².